The molecule has 1 N–H and O–H groups in total. The quantitative estimate of drug-likeness (QED) is 0.568. The third-order valence-electron chi connectivity index (χ3n) is 3.94. The van der Waals surface area contributed by atoms with Crippen molar-refractivity contribution in [3.05, 3.63) is 95.7 Å². The number of halogens is 2. The second-order valence-corrected chi connectivity index (χ2v) is 5.88. The molecule has 4 aromatic rings. The molecule has 0 fully saturated rings. The zero-order chi connectivity index (χ0) is 19.5. The molecule has 4 rings (SSSR count). The molecular formula is C21H13F2N3O2. The Morgan fingerprint density at radius 1 is 1.00 bits per heavy atom. The van der Waals surface area contributed by atoms with Gasteiger partial charge in [-0.3, -0.25) is 4.79 Å². The monoisotopic (exact) mass is 377 g/mol. The number of carbonyl (C=O) groups is 1. The Morgan fingerprint density at radius 3 is 2.64 bits per heavy atom. The van der Waals surface area contributed by atoms with Crippen molar-refractivity contribution >= 4 is 28.4 Å². The Morgan fingerprint density at radius 2 is 1.82 bits per heavy atom. The first-order valence-electron chi connectivity index (χ1n) is 8.35. The highest BCUT2D eigenvalue weighted by molar-refractivity contribution is 6.04. The van der Waals surface area contributed by atoms with E-state index in [1.165, 1.54) is 6.20 Å². The molecule has 0 aliphatic heterocycles. The van der Waals surface area contributed by atoms with Gasteiger partial charge in [0.25, 0.3) is 5.91 Å². The van der Waals surface area contributed by atoms with Crippen molar-refractivity contribution < 1.29 is 18.0 Å². The second-order valence-electron chi connectivity index (χ2n) is 5.88. The van der Waals surface area contributed by atoms with Crippen molar-refractivity contribution in [2.75, 3.05) is 5.32 Å². The molecule has 2 heterocycles. The SMILES string of the molecule is O=C(Nc1ccccn1)c1cc2ccccc2oc1=Nc1cc(F)ccc1F. The summed E-state index contributed by atoms with van der Waals surface area (Å²) < 4.78 is 33.3. The molecule has 0 spiro atoms. The summed E-state index contributed by atoms with van der Waals surface area (Å²) in [5.74, 6) is -1.59. The molecule has 28 heavy (non-hydrogen) atoms. The van der Waals surface area contributed by atoms with Crippen molar-refractivity contribution in [1.82, 2.24) is 4.98 Å². The fourth-order valence-electron chi connectivity index (χ4n) is 2.62. The van der Waals surface area contributed by atoms with Crippen LogP contribution in [0.2, 0.25) is 0 Å². The van der Waals surface area contributed by atoms with Gasteiger partial charge in [-0.05, 0) is 36.4 Å². The summed E-state index contributed by atoms with van der Waals surface area (Å²) in [5.41, 5.74) is 0.100. The minimum atomic E-state index is -0.735. The standard InChI is InChI=1S/C21H13F2N3O2/c22-14-8-9-16(23)17(12-14)25-21-15(11-13-5-1-2-6-18(13)28-21)20(27)26-19-7-3-4-10-24-19/h1-12H,(H,24,26,27). The second kappa shape index (κ2) is 7.40. The van der Waals surface area contributed by atoms with E-state index < -0.39 is 17.5 Å². The molecule has 138 valence electrons. The normalized spacial score (nSPS) is 11.6. The van der Waals surface area contributed by atoms with Crippen molar-refractivity contribution in [1.29, 1.82) is 0 Å². The number of para-hydroxylation sites is 1. The first-order chi connectivity index (χ1) is 13.6. The van der Waals surface area contributed by atoms with Crippen LogP contribution in [-0.4, -0.2) is 10.9 Å². The topological polar surface area (TPSA) is 67.5 Å². The van der Waals surface area contributed by atoms with Crippen LogP contribution >= 0.6 is 0 Å². The zero-order valence-electron chi connectivity index (χ0n) is 14.4. The number of nitrogens with one attached hydrogen (secondary N) is 1. The molecule has 0 aliphatic rings. The lowest BCUT2D eigenvalue weighted by atomic mass is 10.1. The number of benzene rings is 2. The lowest BCUT2D eigenvalue weighted by Gasteiger charge is -2.06. The van der Waals surface area contributed by atoms with Crippen LogP contribution in [-0.2, 0) is 0 Å². The summed E-state index contributed by atoms with van der Waals surface area (Å²) >= 11 is 0. The minimum Gasteiger partial charge on any atom is -0.438 e. The maximum atomic E-state index is 14.0. The van der Waals surface area contributed by atoms with Gasteiger partial charge < -0.3 is 9.73 Å². The van der Waals surface area contributed by atoms with Crippen LogP contribution in [0.1, 0.15) is 10.4 Å². The van der Waals surface area contributed by atoms with E-state index >= 15 is 0 Å². The lowest BCUT2D eigenvalue weighted by Crippen LogP contribution is -2.22. The summed E-state index contributed by atoms with van der Waals surface area (Å²) in [6.45, 7) is 0. The van der Waals surface area contributed by atoms with Crippen LogP contribution in [0.5, 0.6) is 0 Å². The lowest BCUT2D eigenvalue weighted by molar-refractivity contribution is 0.102. The van der Waals surface area contributed by atoms with E-state index in [0.29, 0.717) is 16.8 Å². The molecule has 7 heteroatoms. The number of pyridine rings is 1. The van der Waals surface area contributed by atoms with Gasteiger partial charge in [0.2, 0.25) is 5.55 Å². The van der Waals surface area contributed by atoms with Crippen LogP contribution in [0.25, 0.3) is 11.0 Å². The van der Waals surface area contributed by atoms with Crippen LogP contribution in [0.15, 0.2) is 82.3 Å². The van der Waals surface area contributed by atoms with Gasteiger partial charge in [-0.15, -0.1) is 0 Å². The number of amides is 1. The van der Waals surface area contributed by atoms with Crippen LogP contribution in [0, 0.1) is 11.6 Å². The molecule has 0 radical (unpaired) electrons. The first kappa shape index (κ1) is 17.5. The van der Waals surface area contributed by atoms with Gasteiger partial charge in [-0.2, -0.15) is 0 Å². The number of carbonyl (C=O) groups excluding carboxylic acids is 1. The van der Waals surface area contributed by atoms with Crippen molar-refractivity contribution in [2.45, 2.75) is 0 Å². The first-order valence-corrected chi connectivity index (χ1v) is 8.35. The van der Waals surface area contributed by atoms with E-state index in [9.17, 15) is 13.6 Å². The number of hydrogen-bond donors (Lipinski definition) is 1. The highest BCUT2D eigenvalue weighted by Gasteiger charge is 2.14. The molecule has 5 nitrogen and oxygen atoms in total. The number of aromatic nitrogens is 1. The number of fused-ring (bicyclic) bond motifs is 1. The average molecular weight is 377 g/mol. The molecule has 2 aromatic heterocycles. The van der Waals surface area contributed by atoms with E-state index in [-0.39, 0.29) is 16.8 Å². The predicted molar refractivity (Wildman–Crippen MR) is 100.0 cm³/mol. The summed E-state index contributed by atoms with van der Waals surface area (Å²) in [4.78, 5) is 20.9. The fraction of sp³-hybridized carbons (Fsp3) is 0. The molecule has 0 saturated carbocycles. The van der Waals surface area contributed by atoms with Gasteiger partial charge in [0, 0.05) is 17.6 Å². The molecular weight excluding hydrogens is 364 g/mol. The zero-order valence-corrected chi connectivity index (χ0v) is 14.4. The third kappa shape index (κ3) is 3.64. The van der Waals surface area contributed by atoms with Crippen molar-refractivity contribution in [3.63, 3.8) is 0 Å². The molecule has 0 bridgehead atoms. The van der Waals surface area contributed by atoms with E-state index in [1.807, 2.05) is 0 Å². The van der Waals surface area contributed by atoms with Gasteiger partial charge in [0.05, 0.1) is 0 Å². The Kier molecular flexibility index (Phi) is 4.63. The Hall–Kier alpha value is -3.87. The summed E-state index contributed by atoms with van der Waals surface area (Å²) in [6.07, 6.45) is 1.54. The molecule has 2 aromatic carbocycles. The Balaban J connectivity index is 1.88. The molecule has 0 aliphatic carbocycles. The largest absolute Gasteiger partial charge is 0.438 e. The summed E-state index contributed by atoms with van der Waals surface area (Å²) in [7, 11) is 0. The minimum absolute atomic E-state index is 0.0630. The maximum Gasteiger partial charge on any atom is 0.262 e. The van der Waals surface area contributed by atoms with Gasteiger partial charge in [0.1, 0.15) is 34.3 Å². The molecule has 1 amide bonds. The number of anilines is 1. The van der Waals surface area contributed by atoms with Crippen LogP contribution in [0.3, 0.4) is 0 Å². The van der Waals surface area contributed by atoms with Gasteiger partial charge in [-0.1, -0.05) is 24.3 Å². The maximum absolute atomic E-state index is 14.0. The fourth-order valence-corrected chi connectivity index (χ4v) is 2.62. The van der Waals surface area contributed by atoms with E-state index in [1.54, 1.807) is 48.5 Å². The Bertz CT molecular complexity index is 1240. The van der Waals surface area contributed by atoms with E-state index in [4.69, 9.17) is 4.42 Å². The van der Waals surface area contributed by atoms with Gasteiger partial charge >= 0.3 is 0 Å². The average Bonchev–Trinajstić information content (AvgIpc) is 2.71. The van der Waals surface area contributed by atoms with Crippen molar-refractivity contribution in [2.24, 2.45) is 4.99 Å². The summed E-state index contributed by atoms with van der Waals surface area (Å²) in [6, 6.07) is 16.5. The predicted octanol–water partition coefficient (Wildman–Crippen LogP) is 4.59. The highest BCUT2D eigenvalue weighted by atomic mass is 19.1. The number of hydrogen-bond acceptors (Lipinski definition) is 4. The number of rotatable bonds is 3. The molecule has 0 unspecified atom stereocenters. The van der Waals surface area contributed by atoms with Gasteiger partial charge in [0.15, 0.2) is 0 Å². The third-order valence-corrected chi connectivity index (χ3v) is 3.94. The summed E-state index contributed by atoms with van der Waals surface area (Å²) in [5, 5.41) is 3.30. The van der Waals surface area contributed by atoms with Crippen LogP contribution < -0.4 is 10.9 Å². The molecule has 0 saturated heterocycles. The Labute approximate surface area is 158 Å². The number of nitrogens with zero attached hydrogens (tertiary/aromatic N) is 2. The molecule has 0 atom stereocenters. The van der Waals surface area contributed by atoms with Crippen molar-refractivity contribution in [3.8, 4) is 0 Å². The smallest absolute Gasteiger partial charge is 0.262 e. The van der Waals surface area contributed by atoms with E-state index in [0.717, 1.165) is 18.2 Å². The van der Waals surface area contributed by atoms with Gasteiger partial charge in [-0.25, -0.2) is 18.8 Å². The highest BCUT2D eigenvalue weighted by Crippen LogP contribution is 2.19. The van der Waals surface area contributed by atoms with E-state index in [2.05, 4.69) is 15.3 Å². The van der Waals surface area contributed by atoms with Crippen LogP contribution in [0.4, 0.5) is 20.3 Å².